The summed E-state index contributed by atoms with van der Waals surface area (Å²) in [6, 6.07) is 7.84. The maximum atomic E-state index is 14.4. The van der Waals surface area contributed by atoms with Gasteiger partial charge >= 0.3 is 0 Å². The molecule has 3 fully saturated rings. The summed E-state index contributed by atoms with van der Waals surface area (Å²) in [5, 5.41) is 10.3. The van der Waals surface area contributed by atoms with Crippen LogP contribution in [0.4, 0.5) is 5.69 Å². The molecule has 3 saturated heterocycles. The van der Waals surface area contributed by atoms with Crippen LogP contribution in [0.25, 0.3) is 0 Å². The molecule has 1 aromatic rings. The molecule has 212 valence electrons. The summed E-state index contributed by atoms with van der Waals surface area (Å²) in [5.74, 6) is -2.18. The predicted octanol–water partition coefficient (Wildman–Crippen LogP) is 3.55. The summed E-state index contributed by atoms with van der Waals surface area (Å²) in [4.78, 5) is 47.9. The molecular formula is C31H43N3O5. The average molecular weight is 538 g/mol. The van der Waals surface area contributed by atoms with Crippen molar-refractivity contribution in [2.45, 2.75) is 82.7 Å². The molecule has 8 nitrogen and oxygen atoms in total. The highest BCUT2D eigenvalue weighted by Gasteiger charge is 2.75. The Morgan fingerprint density at radius 3 is 2.46 bits per heavy atom. The lowest BCUT2D eigenvalue weighted by Gasteiger charge is -2.40. The fourth-order valence-electron chi connectivity index (χ4n) is 7.06. The number of nitrogens with zero attached hydrogens (tertiary/aromatic N) is 3. The highest BCUT2D eigenvalue weighted by Crippen LogP contribution is 2.59. The van der Waals surface area contributed by atoms with Crippen molar-refractivity contribution in [1.82, 2.24) is 9.80 Å². The average Bonchev–Trinajstić information content (AvgIpc) is 3.59. The van der Waals surface area contributed by atoms with Crippen LogP contribution in [-0.2, 0) is 19.1 Å². The Morgan fingerprint density at radius 2 is 1.87 bits per heavy atom. The monoisotopic (exact) mass is 537 g/mol. The topological polar surface area (TPSA) is 90.4 Å². The van der Waals surface area contributed by atoms with Crippen LogP contribution in [0.15, 0.2) is 55.6 Å². The molecule has 3 heterocycles. The maximum Gasteiger partial charge on any atom is 0.248 e. The third-order valence-corrected chi connectivity index (χ3v) is 8.83. The van der Waals surface area contributed by atoms with Crippen molar-refractivity contribution in [3.8, 4) is 0 Å². The zero-order valence-corrected chi connectivity index (χ0v) is 23.5. The van der Waals surface area contributed by atoms with Crippen LogP contribution in [0, 0.1) is 11.8 Å². The molecule has 3 unspecified atom stereocenters. The van der Waals surface area contributed by atoms with E-state index in [9.17, 15) is 19.5 Å². The van der Waals surface area contributed by atoms with Crippen LogP contribution >= 0.6 is 0 Å². The van der Waals surface area contributed by atoms with Gasteiger partial charge in [0.15, 0.2) is 0 Å². The molecule has 0 aromatic heterocycles. The number of benzene rings is 1. The minimum Gasteiger partial charge on any atom is -0.394 e. The van der Waals surface area contributed by atoms with Crippen LogP contribution in [0.5, 0.6) is 0 Å². The van der Waals surface area contributed by atoms with E-state index in [0.717, 1.165) is 18.5 Å². The first-order chi connectivity index (χ1) is 18.8. The predicted molar refractivity (Wildman–Crippen MR) is 151 cm³/mol. The number of fused-ring (bicyclic) bond motifs is 1. The van der Waals surface area contributed by atoms with Crippen molar-refractivity contribution in [3.63, 3.8) is 0 Å². The molecule has 8 heteroatoms. The third-order valence-electron chi connectivity index (χ3n) is 8.83. The van der Waals surface area contributed by atoms with E-state index in [1.807, 2.05) is 44.2 Å². The third kappa shape index (κ3) is 4.82. The van der Waals surface area contributed by atoms with Gasteiger partial charge in [0.2, 0.25) is 17.7 Å². The SMILES string of the molecule is C=CCN(C(=O)[C@@H]1[C@H]2C(=O)N([C@@H](CC)CO)C(C(=O)N(CC=C)C(C)CCC)C23CC[C@H]1O3)c1ccccc1. The molecular weight excluding hydrogens is 494 g/mol. The second-order valence-electron chi connectivity index (χ2n) is 11.0. The lowest BCUT2D eigenvalue weighted by molar-refractivity contribution is -0.152. The Bertz CT molecular complexity index is 1070. The number of hydrogen-bond acceptors (Lipinski definition) is 5. The van der Waals surface area contributed by atoms with Gasteiger partial charge in [-0.05, 0) is 44.7 Å². The first-order valence-electron chi connectivity index (χ1n) is 14.3. The highest BCUT2D eigenvalue weighted by molar-refractivity contribution is 6.03. The van der Waals surface area contributed by atoms with Gasteiger partial charge in [0, 0.05) is 24.8 Å². The van der Waals surface area contributed by atoms with Gasteiger partial charge in [0.1, 0.15) is 11.6 Å². The Balaban J connectivity index is 1.78. The number of amides is 3. The zero-order valence-electron chi connectivity index (χ0n) is 23.5. The molecule has 3 aliphatic rings. The largest absolute Gasteiger partial charge is 0.394 e. The molecule has 3 amide bonds. The number of rotatable bonds is 13. The van der Waals surface area contributed by atoms with E-state index in [1.165, 1.54) is 0 Å². The van der Waals surface area contributed by atoms with Gasteiger partial charge in [-0.1, -0.05) is 50.6 Å². The summed E-state index contributed by atoms with van der Waals surface area (Å²) in [6.07, 6.45) is 6.24. The number of anilines is 1. The molecule has 3 aliphatic heterocycles. The molecule has 0 aliphatic carbocycles. The first kappa shape index (κ1) is 29.0. The minimum atomic E-state index is -1.11. The van der Waals surface area contributed by atoms with Crippen molar-refractivity contribution >= 4 is 23.4 Å². The zero-order chi connectivity index (χ0) is 28.3. The molecule has 0 radical (unpaired) electrons. The van der Waals surface area contributed by atoms with Crippen molar-refractivity contribution in [2.75, 3.05) is 24.6 Å². The lowest BCUT2D eigenvalue weighted by Crippen LogP contribution is -2.60. The van der Waals surface area contributed by atoms with Crippen LogP contribution in [0.1, 0.15) is 52.9 Å². The maximum absolute atomic E-state index is 14.4. The molecule has 1 spiro atoms. The lowest BCUT2D eigenvalue weighted by atomic mass is 9.70. The smallest absolute Gasteiger partial charge is 0.248 e. The Labute approximate surface area is 232 Å². The molecule has 4 rings (SSSR count). The van der Waals surface area contributed by atoms with E-state index in [1.54, 1.807) is 26.9 Å². The number of aliphatic hydroxyl groups excluding tert-OH is 1. The van der Waals surface area contributed by atoms with Gasteiger partial charge < -0.3 is 24.5 Å². The molecule has 1 aromatic carbocycles. The van der Waals surface area contributed by atoms with E-state index in [4.69, 9.17) is 4.74 Å². The fourth-order valence-corrected chi connectivity index (χ4v) is 7.06. The number of carbonyl (C=O) groups is 3. The molecule has 0 saturated carbocycles. The van der Waals surface area contributed by atoms with Crippen LogP contribution in [0.3, 0.4) is 0 Å². The second kappa shape index (κ2) is 12.0. The Morgan fingerprint density at radius 1 is 1.18 bits per heavy atom. The summed E-state index contributed by atoms with van der Waals surface area (Å²) in [7, 11) is 0. The van der Waals surface area contributed by atoms with E-state index < -0.39 is 35.6 Å². The summed E-state index contributed by atoms with van der Waals surface area (Å²) < 4.78 is 6.63. The van der Waals surface area contributed by atoms with E-state index in [0.29, 0.717) is 32.4 Å². The molecule has 39 heavy (non-hydrogen) atoms. The van der Waals surface area contributed by atoms with Gasteiger partial charge in [-0.25, -0.2) is 0 Å². The number of carbonyl (C=O) groups excluding carboxylic acids is 3. The summed E-state index contributed by atoms with van der Waals surface area (Å²) >= 11 is 0. The van der Waals surface area contributed by atoms with Gasteiger partial charge in [0.05, 0.1) is 30.6 Å². The Hall–Kier alpha value is -2.97. The normalized spacial score (nSPS) is 28.6. The number of likely N-dealkylation sites (tertiary alicyclic amines) is 1. The number of hydrogen-bond donors (Lipinski definition) is 1. The van der Waals surface area contributed by atoms with Gasteiger partial charge in [-0.15, -0.1) is 13.2 Å². The molecule has 2 bridgehead atoms. The van der Waals surface area contributed by atoms with Gasteiger partial charge in [-0.2, -0.15) is 0 Å². The van der Waals surface area contributed by atoms with E-state index in [2.05, 4.69) is 20.1 Å². The number of aliphatic hydroxyl groups is 1. The van der Waals surface area contributed by atoms with Crippen molar-refractivity contribution < 1.29 is 24.2 Å². The van der Waals surface area contributed by atoms with Gasteiger partial charge in [0.25, 0.3) is 0 Å². The van der Waals surface area contributed by atoms with Crippen molar-refractivity contribution in [1.29, 1.82) is 0 Å². The Kier molecular flexibility index (Phi) is 8.96. The minimum absolute atomic E-state index is 0.0562. The van der Waals surface area contributed by atoms with Gasteiger partial charge in [-0.3, -0.25) is 14.4 Å². The molecule has 1 N–H and O–H groups in total. The second-order valence-corrected chi connectivity index (χ2v) is 11.0. The van der Waals surface area contributed by atoms with Crippen molar-refractivity contribution in [3.05, 3.63) is 55.6 Å². The summed E-state index contributed by atoms with van der Waals surface area (Å²) in [5.41, 5.74) is -0.384. The van der Waals surface area contributed by atoms with Crippen LogP contribution in [0.2, 0.25) is 0 Å². The number of ether oxygens (including phenoxy) is 1. The van der Waals surface area contributed by atoms with Crippen LogP contribution < -0.4 is 4.90 Å². The summed E-state index contributed by atoms with van der Waals surface area (Å²) in [6.45, 7) is 14.1. The first-order valence-corrected chi connectivity index (χ1v) is 14.3. The number of para-hydroxylation sites is 1. The quantitative estimate of drug-likeness (QED) is 0.389. The van der Waals surface area contributed by atoms with E-state index >= 15 is 0 Å². The highest BCUT2D eigenvalue weighted by atomic mass is 16.5. The van der Waals surface area contributed by atoms with E-state index in [-0.39, 0.29) is 30.4 Å². The standard InChI is InChI=1S/C31H43N3O5/c1-6-13-21(5)32(18-7-2)30(38)27-31-17-16-24(39-31)25(26(31)29(37)34(27)22(9-4)20-35)28(36)33(19-8-3)23-14-11-10-12-15-23/h7-8,10-12,14-15,21-22,24-27,35H,2-3,6,9,13,16-20H2,1,4-5H3/t21?,22-,24+,25-,26-,27?,31?/m0/s1. The molecule has 7 atom stereocenters. The van der Waals surface area contributed by atoms with Crippen molar-refractivity contribution in [2.24, 2.45) is 11.8 Å². The van der Waals surface area contributed by atoms with Crippen LogP contribution in [-0.4, -0.2) is 82.2 Å². The fraction of sp³-hybridized carbons (Fsp3) is 0.581.